The average Bonchev–Trinajstić information content (AvgIpc) is 3.48. The van der Waals surface area contributed by atoms with Crippen LogP contribution in [0, 0.1) is 5.82 Å². The molecule has 1 fully saturated rings. The standard InChI is InChI=1S/C25H23F4N7O3/c1-3-38-22-11-20(36(2)34-22)33-23-30-12-16(13-31-23)14-4-5-15(17(26)8-14)9-21(37)32-19-10-18(39-35-19)24(6-7-24)25(27,28)29/h4-5,8,10-13H,3,6-7,9H2,1-2H3,(H,30,31,33)(H,32,35,37). The lowest BCUT2D eigenvalue weighted by atomic mass is 10.0. The van der Waals surface area contributed by atoms with Crippen molar-refractivity contribution < 1.29 is 31.6 Å². The molecule has 0 spiro atoms. The van der Waals surface area contributed by atoms with Gasteiger partial charge >= 0.3 is 6.18 Å². The normalized spacial score (nSPS) is 14.2. The molecule has 0 bridgehead atoms. The molecule has 39 heavy (non-hydrogen) atoms. The first kappa shape index (κ1) is 26.1. The van der Waals surface area contributed by atoms with E-state index in [1.165, 1.54) is 24.5 Å². The van der Waals surface area contributed by atoms with Gasteiger partial charge in [0.1, 0.15) is 17.1 Å². The largest absolute Gasteiger partial charge is 0.477 e. The van der Waals surface area contributed by atoms with Crippen LogP contribution in [0.4, 0.5) is 35.1 Å². The average molecular weight is 545 g/mol. The van der Waals surface area contributed by atoms with Gasteiger partial charge in [0.25, 0.3) is 0 Å². The Balaban J connectivity index is 1.21. The molecule has 1 amide bonds. The number of carbonyl (C=O) groups is 1. The van der Waals surface area contributed by atoms with Gasteiger partial charge in [-0.2, -0.15) is 13.2 Å². The van der Waals surface area contributed by atoms with Gasteiger partial charge in [0.2, 0.25) is 17.7 Å². The molecule has 1 aliphatic carbocycles. The second-order valence-electron chi connectivity index (χ2n) is 9.03. The number of anilines is 3. The van der Waals surface area contributed by atoms with Gasteiger partial charge < -0.3 is 19.9 Å². The van der Waals surface area contributed by atoms with Crippen LogP contribution in [0.2, 0.25) is 0 Å². The van der Waals surface area contributed by atoms with Crippen LogP contribution in [0.15, 0.2) is 47.2 Å². The van der Waals surface area contributed by atoms with Crippen molar-refractivity contribution in [2.75, 3.05) is 17.2 Å². The van der Waals surface area contributed by atoms with E-state index in [4.69, 9.17) is 9.26 Å². The first-order valence-electron chi connectivity index (χ1n) is 12.0. The quantitative estimate of drug-likeness (QED) is 0.285. The van der Waals surface area contributed by atoms with E-state index in [0.717, 1.165) is 6.07 Å². The van der Waals surface area contributed by atoms with Crippen molar-refractivity contribution in [1.29, 1.82) is 0 Å². The minimum absolute atomic E-state index is 0.0921. The molecule has 3 aromatic heterocycles. The van der Waals surface area contributed by atoms with E-state index in [9.17, 15) is 22.4 Å². The highest BCUT2D eigenvalue weighted by atomic mass is 19.4. The molecule has 1 aromatic carbocycles. The van der Waals surface area contributed by atoms with Gasteiger partial charge in [-0.05, 0) is 37.0 Å². The molecule has 0 radical (unpaired) electrons. The Bertz CT molecular complexity index is 1490. The van der Waals surface area contributed by atoms with Gasteiger partial charge in [0.15, 0.2) is 11.6 Å². The number of benzene rings is 1. The maximum atomic E-state index is 14.8. The van der Waals surface area contributed by atoms with Gasteiger partial charge in [-0.1, -0.05) is 17.3 Å². The Morgan fingerprint density at radius 1 is 1.15 bits per heavy atom. The molecular formula is C25H23F4N7O3. The second kappa shape index (κ2) is 10.0. The summed E-state index contributed by atoms with van der Waals surface area (Å²) in [5, 5.41) is 13.1. The number of amides is 1. The van der Waals surface area contributed by atoms with Crippen LogP contribution in [0.1, 0.15) is 31.1 Å². The van der Waals surface area contributed by atoms with E-state index in [-0.39, 0.29) is 36.4 Å². The van der Waals surface area contributed by atoms with E-state index in [1.54, 1.807) is 23.9 Å². The lowest BCUT2D eigenvalue weighted by Gasteiger charge is -2.14. The van der Waals surface area contributed by atoms with Crippen LogP contribution < -0.4 is 15.4 Å². The SMILES string of the molecule is CCOc1cc(Nc2ncc(-c3ccc(CC(=O)Nc4cc(C5(C(F)(F)F)CC5)on4)c(F)c3)cn2)n(C)n1. The number of nitrogens with zero attached hydrogens (tertiary/aromatic N) is 5. The number of rotatable bonds is 9. The number of aryl methyl sites for hydroxylation is 1. The summed E-state index contributed by atoms with van der Waals surface area (Å²) in [4.78, 5) is 20.9. The fraction of sp³-hybridized carbons (Fsp3) is 0.320. The number of alkyl halides is 3. The Kier molecular flexibility index (Phi) is 6.70. The number of hydrogen-bond donors (Lipinski definition) is 2. The summed E-state index contributed by atoms with van der Waals surface area (Å²) < 4.78 is 66.3. The minimum Gasteiger partial charge on any atom is -0.477 e. The van der Waals surface area contributed by atoms with E-state index < -0.39 is 23.3 Å². The van der Waals surface area contributed by atoms with E-state index in [1.807, 2.05) is 6.92 Å². The molecule has 14 heteroatoms. The van der Waals surface area contributed by atoms with E-state index >= 15 is 0 Å². The summed E-state index contributed by atoms with van der Waals surface area (Å²) in [6.07, 6.45) is -1.97. The molecule has 0 saturated heterocycles. The summed E-state index contributed by atoms with van der Waals surface area (Å²) in [6.45, 7) is 2.34. The molecule has 0 aliphatic heterocycles. The fourth-order valence-electron chi connectivity index (χ4n) is 4.02. The third-order valence-electron chi connectivity index (χ3n) is 6.32. The molecule has 1 saturated carbocycles. The Morgan fingerprint density at radius 2 is 1.90 bits per heavy atom. The van der Waals surface area contributed by atoms with Crippen molar-refractivity contribution in [3.05, 3.63) is 59.9 Å². The molecule has 0 unspecified atom stereocenters. The second-order valence-corrected chi connectivity index (χ2v) is 9.03. The van der Waals surface area contributed by atoms with Gasteiger partial charge in [-0.15, -0.1) is 5.10 Å². The molecule has 1 aliphatic rings. The summed E-state index contributed by atoms with van der Waals surface area (Å²) in [5.41, 5.74) is -0.918. The van der Waals surface area contributed by atoms with Gasteiger partial charge in [0.05, 0.1) is 13.0 Å². The number of carbonyl (C=O) groups excluding carboxylic acids is 1. The van der Waals surface area contributed by atoms with Crippen LogP contribution in [0.25, 0.3) is 11.1 Å². The van der Waals surface area contributed by atoms with Crippen LogP contribution in [0.5, 0.6) is 5.88 Å². The van der Waals surface area contributed by atoms with Crippen molar-refractivity contribution in [2.45, 2.75) is 37.8 Å². The van der Waals surface area contributed by atoms with Crippen molar-refractivity contribution >= 4 is 23.5 Å². The third kappa shape index (κ3) is 5.40. The number of nitrogens with one attached hydrogen (secondary N) is 2. The van der Waals surface area contributed by atoms with Crippen molar-refractivity contribution in [3.8, 4) is 17.0 Å². The van der Waals surface area contributed by atoms with Crippen LogP contribution in [0.3, 0.4) is 0 Å². The van der Waals surface area contributed by atoms with Crippen molar-refractivity contribution in [1.82, 2.24) is 24.9 Å². The zero-order valence-corrected chi connectivity index (χ0v) is 20.8. The predicted molar refractivity (Wildman–Crippen MR) is 131 cm³/mol. The molecule has 2 N–H and O–H groups in total. The molecule has 4 aromatic rings. The maximum Gasteiger partial charge on any atom is 0.401 e. The monoisotopic (exact) mass is 545 g/mol. The Hall–Kier alpha value is -4.49. The first-order chi connectivity index (χ1) is 18.6. The lowest BCUT2D eigenvalue weighted by molar-refractivity contribution is -0.165. The number of halogens is 4. The molecule has 204 valence electrons. The smallest absolute Gasteiger partial charge is 0.401 e. The highest BCUT2D eigenvalue weighted by Crippen LogP contribution is 2.59. The minimum atomic E-state index is -4.46. The number of aromatic nitrogens is 5. The van der Waals surface area contributed by atoms with E-state index in [2.05, 4.69) is 30.9 Å². The number of ether oxygens (including phenoxy) is 1. The van der Waals surface area contributed by atoms with Gasteiger partial charge in [0, 0.05) is 37.1 Å². The zero-order chi connectivity index (χ0) is 27.8. The van der Waals surface area contributed by atoms with Crippen LogP contribution >= 0.6 is 0 Å². The highest BCUT2D eigenvalue weighted by Gasteiger charge is 2.66. The lowest BCUT2D eigenvalue weighted by Crippen LogP contribution is -2.28. The molecule has 0 atom stereocenters. The van der Waals surface area contributed by atoms with Gasteiger partial charge in [-0.3, -0.25) is 4.79 Å². The maximum absolute atomic E-state index is 14.8. The van der Waals surface area contributed by atoms with Crippen LogP contribution in [-0.4, -0.2) is 43.6 Å². The third-order valence-corrected chi connectivity index (χ3v) is 6.32. The Labute approximate surface area is 219 Å². The molecule has 10 nitrogen and oxygen atoms in total. The molecule has 3 heterocycles. The summed E-state index contributed by atoms with van der Waals surface area (Å²) in [5.74, 6) is -0.417. The zero-order valence-electron chi connectivity index (χ0n) is 20.8. The summed E-state index contributed by atoms with van der Waals surface area (Å²) in [7, 11) is 1.74. The van der Waals surface area contributed by atoms with E-state index in [0.29, 0.717) is 35.4 Å². The van der Waals surface area contributed by atoms with Crippen molar-refractivity contribution in [2.24, 2.45) is 7.05 Å². The first-order valence-corrected chi connectivity index (χ1v) is 12.0. The topological polar surface area (TPSA) is 120 Å². The van der Waals surface area contributed by atoms with Crippen molar-refractivity contribution in [3.63, 3.8) is 0 Å². The van der Waals surface area contributed by atoms with Gasteiger partial charge in [-0.25, -0.2) is 19.0 Å². The Morgan fingerprint density at radius 3 is 2.54 bits per heavy atom. The summed E-state index contributed by atoms with van der Waals surface area (Å²) >= 11 is 0. The molecule has 5 rings (SSSR count). The fourth-order valence-corrected chi connectivity index (χ4v) is 4.02. The van der Waals surface area contributed by atoms with Crippen LogP contribution in [-0.2, 0) is 23.7 Å². The summed E-state index contributed by atoms with van der Waals surface area (Å²) in [6, 6.07) is 7.07. The predicted octanol–water partition coefficient (Wildman–Crippen LogP) is 4.92. The molecular weight excluding hydrogens is 522 g/mol. The number of hydrogen-bond acceptors (Lipinski definition) is 8. The highest BCUT2D eigenvalue weighted by molar-refractivity contribution is 5.91.